The number of hydrogen-bond acceptors (Lipinski definition) is 4. The fourth-order valence-corrected chi connectivity index (χ4v) is 3.89. The number of hydrogen-bond donors (Lipinski definition) is 1. The predicted octanol–water partition coefficient (Wildman–Crippen LogP) is 4.40. The van der Waals surface area contributed by atoms with E-state index < -0.39 is 0 Å². The summed E-state index contributed by atoms with van der Waals surface area (Å²) < 4.78 is 0. The maximum Gasteiger partial charge on any atom is 0.226 e. The minimum Gasteiger partial charge on any atom is -0.302 e. The van der Waals surface area contributed by atoms with Crippen molar-refractivity contribution in [1.29, 1.82) is 0 Å². The Kier molecular flexibility index (Phi) is 6.59. The van der Waals surface area contributed by atoms with Gasteiger partial charge in [-0.2, -0.15) is 0 Å². The lowest BCUT2D eigenvalue weighted by atomic mass is 10.1. The zero-order valence-electron chi connectivity index (χ0n) is 15.0. The van der Waals surface area contributed by atoms with Crippen LogP contribution in [0.25, 0.3) is 0 Å². The van der Waals surface area contributed by atoms with Gasteiger partial charge in [0.2, 0.25) is 5.91 Å². The maximum absolute atomic E-state index is 12.1. The minimum atomic E-state index is 0.0611. The monoisotopic (exact) mass is 357 g/mol. The fourth-order valence-electron chi connectivity index (χ4n) is 3.17. The Bertz CT molecular complexity index is 675. The zero-order valence-corrected chi connectivity index (χ0v) is 15.8. The van der Waals surface area contributed by atoms with E-state index in [0.717, 1.165) is 43.3 Å². The number of carbonyl (C=O) groups excluding carboxylic acids is 1. The van der Waals surface area contributed by atoms with Gasteiger partial charge in [0.15, 0.2) is 5.13 Å². The molecule has 1 aliphatic heterocycles. The first-order chi connectivity index (χ1) is 12.2. The van der Waals surface area contributed by atoms with Crippen LogP contribution < -0.4 is 5.32 Å². The van der Waals surface area contributed by atoms with Gasteiger partial charge in [-0.3, -0.25) is 9.69 Å². The van der Waals surface area contributed by atoms with Crippen LogP contribution in [0.2, 0.25) is 0 Å². The van der Waals surface area contributed by atoms with Crippen molar-refractivity contribution >= 4 is 22.4 Å². The van der Waals surface area contributed by atoms with Gasteiger partial charge in [0.1, 0.15) is 0 Å². The largest absolute Gasteiger partial charge is 0.302 e. The number of amides is 1. The number of aryl methyl sites for hydroxylation is 2. The lowest BCUT2D eigenvalue weighted by Gasteiger charge is -2.25. The third kappa shape index (κ3) is 5.94. The molecule has 1 N–H and O–H groups in total. The molecule has 0 radical (unpaired) electrons. The first kappa shape index (κ1) is 18.1. The fraction of sp³-hybridized carbons (Fsp3) is 0.500. The van der Waals surface area contributed by atoms with Crippen molar-refractivity contribution in [2.45, 2.75) is 52.0 Å². The summed E-state index contributed by atoms with van der Waals surface area (Å²) in [6.45, 7) is 5.32. The van der Waals surface area contributed by atoms with E-state index in [2.05, 4.69) is 51.8 Å². The topological polar surface area (TPSA) is 45.2 Å². The highest BCUT2D eigenvalue weighted by Gasteiger charge is 2.13. The van der Waals surface area contributed by atoms with E-state index in [1.807, 2.05) is 0 Å². The van der Waals surface area contributed by atoms with E-state index >= 15 is 0 Å². The number of nitrogens with zero attached hydrogens (tertiary/aromatic N) is 2. The summed E-state index contributed by atoms with van der Waals surface area (Å²) in [6, 6.07) is 8.52. The third-order valence-corrected chi connectivity index (χ3v) is 5.43. The van der Waals surface area contributed by atoms with Crippen LogP contribution >= 0.6 is 11.3 Å². The van der Waals surface area contributed by atoms with Gasteiger partial charge in [-0.25, -0.2) is 4.98 Å². The van der Waals surface area contributed by atoms with Crippen molar-refractivity contribution in [2.24, 2.45) is 0 Å². The molecule has 3 rings (SSSR count). The lowest BCUT2D eigenvalue weighted by Crippen LogP contribution is -2.29. The summed E-state index contributed by atoms with van der Waals surface area (Å²) in [5.74, 6) is 0.0611. The SMILES string of the molecule is Cc1ccc(CCCC(=O)Nc2nc(CN3CCCCC3)cs2)cc1. The smallest absolute Gasteiger partial charge is 0.226 e. The predicted molar refractivity (Wildman–Crippen MR) is 104 cm³/mol. The van der Waals surface area contributed by atoms with Crippen LogP contribution in [0.15, 0.2) is 29.6 Å². The van der Waals surface area contributed by atoms with Crippen molar-refractivity contribution in [2.75, 3.05) is 18.4 Å². The van der Waals surface area contributed by atoms with Crippen LogP contribution in [0.1, 0.15) is 48.9 Å². The molecule has 1 aliphatic rings. The number of anilines is 1. The molecule has 1 amide bonds. The van der Waals surface area contributed by atoms with Crippen LogP contribution in [0, 0.1) is 6.92 Å². The Labute approximate surface area is 154 Å². The summed E-state index contributed by atoms with van der Waals surface area (Å²) in [7, 11) is 0. The number of rotatable bonds is 7. The van der Waals surface area contributed by atoms with E-state index in [1.54, 1.807) is 0 Å². The van der Waals surface area contributed by atoms with E-state index in [1.165, 1.54) is 41.7 Å². The number of likely N-dealkylation sites (tertiary alicyclic amines) is 1. The van der Waals surface area contributed by atoms with Gasteiger partial charge in [0.05, 0.1) is 5.69 Å². The molecular formula is C20H27N3OS. The van der Waals surface area contributed by atoms with Gasteiger partial charge >= 0.3 is 0 Å². The second-order valence-electron chi connectivity index (χ2n) is 6.87. The van der Waals surface area contributed by atoms with Crippen LogP contribution in [-0.2, 0) is 17.8 Å². The van der Waals surface area contributed by atoms with Crippen molar-refractivity contribution < 1.29 is 4.79 Å². The van der Waals surface area contributed by atoms with E-state index in [4.69, 9.17) is 0 Å². The molecule has 0 atom stereocenters. The molecule has 5 heteroatoms. The summed E-state index contributed by atoms with van der Waals surface area (Å²) in [6.07, 6.45) is 6.25. The van der Waals surface area contributed by atoms with Crippen molar-refractivity contribution in [3.8, 4) is 0 Å². The summed E-state index contributed by atoms with van der Waals surface area (Å²) in [4.78, 5) is 19.1. The Hall–Kier alpha value is -1.72. The Balaban J connectivity index is 1.39. The molecule has 1 saturated heterocycles. The molecule has 2 aromatic rings. The highest BCUT2D eigenvalue weighted by Crippen LogP contribution is 2.19. The van der Waals surface area contributed by atoms with Crippen molar-refractivity contribution in [3.63, 3.8) is 0 Å². The van der Waals surface area contributed by atoms with Crippen molar-refractivity contribution in [3.05, 3.63) is 46.5 Å². The Morgan fingerprint density at radius 2 is 1.96 bits per heavy atom. The second kappa shape index (κ2) is 9.11. The first-order valence-electron chi connectivity index (χ1n) is 9.21. The van der Waals surface area contributed by atoms with E-state index in [9.17, 15) is 4.79 Å². The van der Waals surface area contributed by atoms with E-state index in [0.29, 0.717) is 6.42 Å². The highest BCUT2D eigenvalue weighted by molar-refractivity contribution is 7.13. The molecule has 0 saturated carbocycles. The number of thiazole rings is 1. The quantitative estimate of drug-likeness (QED) is 0.799. The zero-order chi connectivity index (χ0) is 17.5. The standard InChI is InChI=1S/C20H27N3OS/c1-16-8-10-17(11-9-16)6-5-7-19(24)22-20-21-18(15-25-20)14-23-12-3-2-4-13-23/h8-11,15H,2-7,12-14H2,1H3,(H,21,22,24). The molecule has 0 unspecified atom stereocenters. The summed E-state index contributed by atoms with van der Waals surface area (Å²) in [5.41, 5.74) is 3.63. The minimum absolute atomic E-state index is 0.0611. The summed E-state index contributed by atoms with van der Waals surface area (Å²) >= 11 is 1.53. The van der Waals surface area contributed by atoms with Crippen molar-refractivity contribution in [1.82, 2.24) is 9.88 Å². The molecule has 25 heavy (non-hydrogen) atoms. The molecule has 1 aromatic carbocycles. The molecule has 0 bridgehead atoms. The van der Waals surface area contributed by atoms with Crippen LogP contribution in [0.4, 0.5) is 5.13 Å². The number of nitrogens with one attached hydrogen (secondary N) is 1. The molecular weight excluding hydrogens is 330 g/mol. The maximum atomic E-state index is 12.1. The van der Waals surface area contributed by atoms with Gasteiger partial charge in [0, 0.05) is 18.3 Å². The number of benzene rings is 1. The summed E-state index contributed by atoms with van der Waals surface area (Å²) in [5, 5.41) is 5.74. The molecule has 0 spiro atoms. The van der Waals surface area contributed by atoms with Crippen LogP contribution in [0.5, 0.6) is 0 Å². The Morgan fingerprint density at radius 1 is 1.20 bits per heavy atom. The van der Waals surface area contributed by atoms with Gasteiger partial charge < -0.3 is 5.32 Å². The molecule has 0 aliphatic carbocycles. The highest BCUT2D eigenvalue weighted by atomic mass is 32.1. The molecule has 1 aromatic heterocycles. The van der Waals surface area contributed by atoms with Gasteiger partial charge in [0.25, 0.3) is 0 Å². The molecule has 134 valence electrons. The first-order valence-corrected chi connectivity index (χ1v) is 10.1. The van der Waals surface area contributed by atoms with Gasteiger partial charge in [-0.05, 0) is 51.3 Å². The number of piperidine rings is 1. The number of carbonyl (C=O) groups is 1. The second-order valence-corrected chi connectivity index (χ2v) is 7.73. The van der Waals surface area contributed by atoms with Crippen LogP contribution in [-0.4, -0.2) is 28.9 Å². The van der Waals surface area contributed by atoms with Crippen LogP contribution in [0.3, 0.4) is 0 Å². The Morgan fingerprint density at radius 3 is 2.72 bits per heavy atom. The van der Waals surface area contributed by atoms with Gasteiger partial charge in [-0.15, -0.1) is 11.3 Å². The van der Waals surface area contributed by atoms with Gasteiger partial charge in [-0.1, -0.05) is 36.2 Å². The average molecular weight is 358 g/mol. The third-order valence-electron chi connectivity index (χ3n) is 4.62. The lowest BCUT2D eigenvalue weighted by molar-refractivity contribution is -0.116. The average Bonchev–Trinajstić information content (AvgIpc) is 3.04. The molecule has 4 nitrogen and oxygen atoms in total. The molecule has 1 fully saturated rings. The molecule has 2 heterocycles. The van der Waals surface area contributed by atoms with E-state index in [-0.39, 0.29) is 5.91 Å². The normalized spacial score (nSPS) is 15.2. The number of aromatic nitrogens is 1.